The van der Waals surface area contributed by atoms with E-state index in [0.29, 0.717) is 5.56 Å². The Morgan fingerprint density at radius 3 is 2.77 bits per heavy atom. The van der Waals surface area contributed by atoms with E-state index in [1.165, 1.54) is 11.3 Å². The zero-order valence-electron chi connectivity index (χ0n) is 7.06. The number of carbonyl (C=O) groups is 1. The van der Waals surface area contributed by atoms with Gasteiger partial charge >= 0.3 is 0 Å². The zero-order chi connectivity index (χ0) is 9.84. The fourth-order valence-electron chi connectivity index (χ4n) is 0.829. The summed E-state index contributed by atoms with van der Waals surface area (Å²) in [7, 11) is 0. The Kier molecular flexibility index (Phi) is 4.41. The second-order valence-electron chi connectivity index (χ2n) is 2.49. The molecule has 0 aliphatic carbocycles. The molecule has 1 rings (SSSR count). The number of rotatable bonds is 3. The molecule has 1 aromatic heterocycles. The maximum absolute atomic E-state index is 11.5. The molecule has 0 fully saturated rings. The maximum atomic E-state index is 11.5. The first-order chi connectivity index (χ1) is 6.15. The van der Waals surface area contributed by atoms with Crippen LogP contribution in [0.1, 0.15) is 23.7 Å². The van der Waals surface area contributed by atoms with E-state index >= 15 is 0 Å². The minimum absolute atomic E-state index is 0.0179. The molecule has 1 aromatic rings. The molecule has 0 radical (unpaired) electrons. The van der Waals surface area contributed by atoms with Gasteiger partial charge in [-0.1, -0.05) is 6.92 Å². The molecule has 0 saturated carbocycles. The molecular formula is C8H9Br2NOS. The van der Waals surface area contributed by atoms with Gasteiger partial charge in [0.2, 0.25) is 0 Å². The van der Waals surface area contributed by atoms with Crippen molar-refractivity contribution in [2.24, 2.45) is 0 Å². The Morgan fingerprint density at radius 1 is 1.62 bits per heavy atom. The number of hydrogen-bond acceptors (Lipinski definition) is 2. The summed E-state index contributed by atoms with van der Waals surface area (Å²) in [5.74, 6) is -0.0179. The lowest BCUT2D eigenvalue weighted by atomic mass is 10.3. The van der Waals surface area contributed by atoms with Crippen LogP contribution < -0.4 is 5.32 Å². The van der Waals surface area contributed by atoms with Gasteiger partial charge in [0, 0.05) is 6.54 Å². The lowest BCUT2D eigenvalue weighted by Crippen LogP contribution is -2.23. The van der Waals surface area contributed by atoms with Gasteiger partial charge in [-0.05, 0) is 44.3 Å². The summed E-state index contributed by atoms with van der Waals surface area (Å²) in [5, 5.41) is 2.82. The monoisotopic (exact) mass is 325 g/mol. The molecule has 1 N–H and O–H groups in total. The van der Waals surface area contributed by atoms with Crippen molar-refractivity contribution in [3.8, 4) is 0 Å². The van der Waals surface area contributed by atoms with E-state index in [2.05, 4.69) is 37.2 Å². The van der Waals surface area contributed by atoms with E-state index in [0.717, 1.165) is 20.5 Å². The van der Waals surface area contributed by atoms with Crippen molar-refractivity contribution in [1.82, 2.24) is 5.32 Å². The average molecular weight is 327 g/mol. The van der Waals surface area contributed by atoms with Crippen LogP contribution in [-0.2, 0) is 0 Å². The Labute approximate surface area is 98.0 Å². The predicted octanol–water partition coefficient (Wildman–Crippen LogP) is 3.41. The highest BCUT2D eigenvalue weighted by atomic mass is 79.9. The Morgan fingerprint density at radius 2 is 2.31 bits per heavy atom. The van der Waals surface area contributed by atoms with Crippen LogP contribution in [0.3, 0.4) is 0 Å². The summed E-state index contributed by atoms with van der Waals surface area (Å²) >= 11 is 8.17. The van der Waals surface area contributed by atoms with Gasteiger partial charge in [0.05, 0.1) is 13.1 Å². The summed E-state index contributed by atoms with van der Waals surface area (Å²) in [6.07, 6.45) is 0.953. The van der Waals surface area contributed by atoms with Crippen LogP contribution in [0.4, 0.5) is 0 Å². The highest BCUT2D eigenvalue weighted by Crippen LogP contribution is 2.31. The minimum atomic E-state index is -0.0179. The third-order valence-electron chi connectivity index (χ3n) is 1.44. The Balaban J connectivity index is 2.70. The van der Waals surface area contributed by atoms with Crippen molar-refractivity contribution in [3.63, 3.8) is 0 Å². The summed E-state index contributed by atoms with van der Waals surface area (Å²) in [6.45, 7) is 2.75. The van der Waals surface area contributed by atoms with Crippen molar-refractivity contribution >= 4 is 49.1 Å². The second kappa shape index (κ2) is 5.12. The molecule has 0 spiro atoms. The van der Waals surface area contributed by atoms with Gasteiger partial charge in [-0.15, -0.1) is 11.3 Å². The van der Waals surface area contributed by atoms with Crippen LogP contribution in [0, 0.1) is 0 Å². The molecule has 0 aromatic carbocycles. The first-order valence-corrected chi connectivity index (χ1v) is 6.28. The van der Waals surface area contributed by atoms with Crippen molar-refractivity contribution in [3.05, 3.63) is 19.2 Å². The molecule has 0 aliphatic rings. The van der Waals surface area contributed by atoms with E-state index in [-0.39, 0.29) is 5.91 Å². The summed E-state index contributed by atoms with van der Waals surface area (Å²) in [6, 6.07) is 1.82. The largest absolute Gasteiger partial charge is 0.352 e. The third-order valence-corrected chi connectivity index (χ3v) is 3.78. The molecule has 1 amide bonds. The van der Waals surface area contributed by atoms with Gasteiger partial charge in [0.25, 0.3) is 5.91 Å². The molecule has 0 saturated heterocycles. The molecule has 0 bridgehead atoms. The van der Waals surface area contributed by atoms with Crippen LogP contribution >= 0.6 is 43.2 Å². The van der Waals surface area contributed by atoms with Crippen molar-refractivity contribution in [2.75, 3.05) is 6.54 Å². The van der Waals surface area contributed by atoms with Crippen LogP contribution in [0.5, 0.6) is 0 Å². The lowest BCUT2D eigenvalue weighted by Gasteiger charge is -2.00. The molecule has 0 aliphatic heterocycles. The fraction of sp³-hybridized carbons (Fsp3) is 0.375. The number of halogens is 2. The zero-order valence-corrected chi connectivity index (χ0v) is 11.1. The van der Waals surface area contributed by atoms with Gasteiger partial charge in [-0.3, -0.25) is 4.79 Å². The van der Waals surface area contributed by atoms with Gasteiger partial charge < -0.3 is 5.32 Å². The minimum Gasteiger partial charge on any atom is -0.352 e. The van der Waals surface area contributed by atoms with E-state index in [1.54, 1.807) is 0 Å². The molecule has 13 heavy (non-hydrogen) atoms. The van der Waals surface area contributed by atoms with Crippen LogP contribution in [0.15, 0.2) is 13.6 Å². The predicted molar refractivity (Wildman–Crippen MR) is 62.3 cm³/mol. The maximum Gasteiger partial charge on any atom is 0.253 e. The van der Waals surface area contributed by atoms with Crippen LogP contribution in [0.25, 0.3) is 0 Å². The highest BCUT2D eigenvalue weighted by molar-refractivity contribution is 9.12. The fourth-order valence-corrected chi connectivity index (χ4v) is 3.62. The number of amides is 1. The number of nitrogens with one attached hydrogen (secondary N) is 1. The number of carbonyl (C=O) groups excluding carboxylic acids is 1. The van der Waals surface area contributed by atoms with Gasteiger partial charge in [-0.2, -0.15) is 0 Å². The summed E-state index contributed by atoms with van der Waals surface area (Å²) in [4.78, 5) is 11.5. The van der Waals surface area contributed by atoms with E-state index in [9.17, 15) is 4.79 Å². The summed E-state index contributed by atoms with van der Waals surface area (Å²) < 4.78 is 1.83. The first kappa shape index (κ1) is 11.2. The van der Waals surface area contributed by atoms with E-state index < -0.39 is 0 Å². The second-order valence-corrected chi connectivity index (χ2v) is 6.24. The van der Waals surface area contributed by atoms with Gasteiger partial charge in [0.15, 0.2) is 0 Å². The Bertz CT molecular complexity index is 311. The van der Waals surface area contributed by atoms with Crippen LogP contribution in [0.2, 0.25) is 0 Å². The topological polar surface area (TPSA) is 29.1 Å². The molecule has 5 heteroatoms. The van der Waals surface area contributed by atoms with Crippen LogP contribution in [-0.4, -0.2) is 12.5 Å². The van der Waals surface area contributed by atoms with Crippen molar-refractivity contribution in [1.29, 1.82) is 0 Å². The quantitative estimate of drug-likeness (QED) is 0.906. The van der Waals surface area contributed by atoms with E-state index in [1.807, 2.05) is 13.0 Å². The summed E-state index contributed by atoms with van der Waals surface area (Å²) in [5.41, 5.74) is 0.699. The Hall–Kier alpha value is 0.130. The SMILES string of the molecule is CCCNC(=O)c1cc(Br)sc1Br. The lowest BCUT2D eigenvalue weighted by molar-refractivity contribution is 0.0953. The number of hydrogen-bond donors (Lipinski definition) is 1. The van der Waals surface area contributed by atoms with E-state index in [4.69, 9.17) is 0 Å². The molecule has 0 atom stereocenters. The molecule has 2 nitrogen and oxygen atoms in total. The molecular weight excluding hydrogens is 318 g/mol. The molecule has 1 heterocycles. The standard InChI is InChI=1S/C8H9Br2NOS/c1-2-3-11-8(12)5-4-6(9)13-7(5)10/h4H,2-3H2,1H3,(H,11,12). The molecule has 0 unspecified atom stereocenters. The van der Waals surface area contributed by atoms with Crippen molar-refractivity contribution < 1.29 is 4.79 Å². The van der Waals surface area contributed by atoms with Gasteiger partial charge in [-0.25, -0.2) is 0 Å². The van der Waals surface area contributed by atoms with Gasteiger partial charge in [0.1, 0.15) is 0 Å². The molecule has 72 valence electrons. The smallest absolute Gasteiger partial charge is 0.253 e. The number of thiophene rings is 1. The third kappa shape index (κ3) is 3.07. The van der Waals surface area contributed by atoms with Crippen molar-refractivity contribution in [2.45, 2.75) is 13.3 Å². The highest BCUT2D eigenvalue weighted by Gasteiger charge is 2.12. The normalized spacial score (nSPS) is 10.1. The average Bonchev–Trinajstić information content (AvgIpc) is 2.41. The first-order valence-electron chi connectivity index (χ1n) is 3.88.